The van der Waals surface area contributed by atoms with Crippen LogP contribution in [0.25, 0.3) is 10.8 Å². The molecule has 27 heavy (non-hydrogen) atoms. The predicted octanol–water partition coefficient (Wildman–Crippen LogP) is 2.65. The van der Waals surface area contributed by atoms with Crippen LogP contribution in [0.2, 0.25) is 0 Å². The van der Waals surface area contributed by atoms with E-state index in [1.165, 1.54) is 0 Å². The van der Waals surface area contributed by atoms with Gasteiger partial charge in [0.05, 0.1) is 30.5 Å². The van der Waals surface area contributed by atoms with E-state index in [1.807, 2.05) is 31.3 Å². The predicted molar refractivity (Wildman–Crippen MR) is 104 cm³/mol. The lowest BCUT2D eigenvalue weighted by molar-refractivity contribution is 0.122. The van der Waals surface area contributed by atoms with Gasteiger partial charge in [0.15, 0.2) is 5.82 Å². The molecule has 0 aliphatic carbocycles. The van der Waals surface area contributed by atoms with Crippen molar-refractivity contribution in [2.24, 2.45) is 0 Å². The van der Waals surface area contributed by atoms with Gasteiger partial charge in [-0.3, -0.25) is 0 Å². The number of nitrogens with zero attached hydrogens (tertiary/aromatic N) is 5. The summed E-state index contributed by atoms with van der Waals surface area (Å²) < 4.78 is 5.43. The Bertz CT molecular complexity index is 1010. The molecule has 4 rings (SSSR count). The van der Waals surface area contributed by atoms with Crippen molar-refractivity contribution in [3.8, 4) is 6.07 Å². The first kappa shape index (κ1) is 17.2. The molecule has 3 aromatic rings. The molecule has 136 valence electrons. The molecule has 0 unspecified atom stereocenters. The van der Waals surface area contributed by atoms with Crippen molar-refractivity contribution >= 4 is 22.4 Å². The minimum absolute atomic E-state index is 0.567. The van der Waals surface area contributed by atoms with E-state index in [1.54, 1.807) is 6.07 Å². The van der Waals surface area contributed by atoms with Gasteiger partial charge in [-0.15, -0.1) is 5.10 Å². The maximum atomic E-state index is 9.06. The van der Waals surface area contributed by atoms with Gasteiger partial charge < -0.3 is 15.0 Å². The topological polar surface area (TPSA) is 87.0 Å². The molecule has 1 fully saturated rings. The van der Waals surface area contributed by atoms with Crippen LogP contribution < -0.4 is 10.2 Å². The number of benzene rings is 1. The first-order valence-corrected chi connectivity index (χ1v) is 8.93. The molecule has 0 spiro atoms. The molecule has 1 aromatic carbocycles. The second-order valence-electron chi connectivity index (χ2n) is 6.49. The minimum atomic E-state index is 0.567. The molecule has 3 heterocycles. The standard InChI is InChI=1S/C20H20N6O/c1-14-18-13-22-19(26-5-7-27-8-6-26)10-17(18)20(25-24-14)23-12-16-4-2-3-15(9-16)11-21/h2-4,9-10,13H,5-8,12H2,1H3,(H,23,25). The lowest BCUT2D eigenvalue weighted by Crippen LogP contribution is -2.36. The average molecular weight is 360 g/mol. The molecule has 1 aliphatic heterocycles. The zero-order valence-corrected chi connectivity index (χ0v) is 15.1. The van der Waals surface area contributed by atoms with E-state index in [4.69, 9.17) is 10.00 Å². The number of hydrogen-bond acceptors (Lipinski definition) is 7. The second-order valence-corrected chi connectivity index (χ2v) is 6.49. The molecule has 0 radical (unpaired) electrons. The summed E-state index contributed by atoms with van der Waals surface area (Å²) in [7, 11) is 0. The summed E-state index contributed by atoms with van der Waals surface area (Å²) in [5.74, 6) is 1.64. The van der Waals surface area contributed by atoms with Crippen LogP contribution in [-0.2, 0) is 11.3 Å². The Labute approximate surface area is 157 Å². The normalized spacial score (nSPS) is 14.1. The number of aromatic nitrogens is 3. The smallest absolute Gasteiger partial charge is 0.157 e. The molecule has 0 amide bonds. The number of nitrogens with one attached hydrogen (secondary N) is 1. The van der Waals surface area contributed by atoms with Crippen LogP contribution in [0.5, 0.6) is 0 Å². The third kappa shape index (κ3) is 3.66. The summed E-state index contributed by atoms with van der Waals surface area (Å²) in [5, 5.41) is 23.0. The van der Waals surface area contributed by atoms with Crippen LogP contribution in [-0.4, -0.2) is 41.5 Å². The van der Waals surface area contributed by atoms with E-state index in [9.17, 15) is 0 Å². The van der Waals surface area contributed by atoms with E-state index < -0.39 is 0 Å². The van der Waals surface area contributed by atoms with Gasteiger partial charge in [-0.1, -0.05) is 12.1 Å². The van der Waals surface area contributed by atoms with E-state index in [-0.39, 0.29) is 0 Å². The van der Waals surface area contributed by atoms with E-state index in [0.29, 0.717) is 25.3 Å². The fraction of sp³-hybridized carbons (Fsp3) is 0.300. The zero-order chi connectivity index (χ0) is 18.6. The lowest BCUT2D eigenvalue weighted by Gasteiger charge is -2.28. The number of ether oxygens (including phenoxy) is 1. The van der Waals surface area contributed by atoms with Crippen molar-refractivity contribution < 1.29 is 4.74 Å². The molecule has 1 aliphatic rings. The number of morpholine rings is 1. The number of rotatable bonds is 4. The maximum Gasteiger partial charge on any atom is 0.157 e. The number of aryl methyl sites for hydroxylation is 1. The summed E-state index contributed by atoms with van der Waals surface area (Å²) >= 11 is 0. The molecule has 0 bridgehead atoms. The quantitative estimate of drug-likeness (QED) is 0.765. The molecule has 7 nitrogen and oxygen atoms in total. The number of pyridine rings is 1. The van der Waals surface area contributed by atoms with Gasteiger partial charge in [-0.25, -0.2) is 4.98 Å². The Balaban J connectivity index is 1.64. The van der Waals surface area contributed by atoms with Crippen LogP contribution in [0.3, 0.4) is 0 Å². The highest BCUT2D eigenvalue weighted by molar-refractivity contribution is 5.94. The second kappa shape index (κ2) is 7.56. The van der Waals surface area contributed by atoms with Gasteiger partial charge in [0, 0.05) is 36.6 Å². The Morgan fingerprint density at radius 2 is 2.04 bits per heavy atom. The summed E-state index contributed by atoms with van der Waals surface area (Å²) in [5.41, 5.74) is 2.52. The highest BCUT2D eigenvalue weighted by Gasteiger charge is 2.15. The van der Waals surface area contributed by atoms with Gasteiger partial charge in [-0.2, -0.15) is 10.4 Å². The van der Waals surface area contributed by atoms with Crippen molar-refractivity contribution in [3.05, 3.63) is 53.3 Å². The SMILES string of the molecule is Cc1nnc(NCc2cccc(C#N)c2)c2cc(N3CCOCC3)ncc12. The van der Waals surface area contributed by atoms with Crippen molar-refractivity contribution in [3.63, 3.8) is 0 Å². The third-order valence-corrected chi connectivity index (χ3v) is 4.69. The van der Waals surface area contributed by atoms with E-state index in [0.717, 1.165) is 46.8 Å². The van der Waals surface area contributed by atoms with Crippen LogP contribution in [0, 0.1) is 18.3 Å². The average Bonchev–Trinajstić information content (AvgIpc) is 2.74. The Kier molecular flexibility index (Phi) is 4.81. The van der Waals surface area contributed by atoms with Crippen LogP contribution in [0.1, 0.15) is 16.8 Å². The number of hydrogen-bond donors (Lipinski definition) is 1. The fourth-order valence-corrected chi connectivity index (χ4v) is 3.19. The van der Waals surface area contributed by atoms with Crippen molar-refractivity contribution in [1.82, 2.24) is 15.2 Å². The Hall–Kier alpha value is -3.24. The van der Waals surface area contributed by atoms with Crippen molar-refractivity contribution in [2.45, 2.75) is 13.5 Å². The van der Waals surface area contributed by atoms with Gasteiger partial charge in [0.1, 0.15) is 5.82 Å². The van der Waals surface area contributed by atoms with Gasteiger partial charge in [0.25, 0.3) is 0 Å². The largest absolute Gasteiger partial charge is 0.378 e. The molecule has 7 heteroatoms. The molecule has 1 saturated heterocycles. The fourth-order valence-electron chi connectivity index (χ4n) is 3.19. The first-order valence-electron chi connectivity index (χ1n) is 8.93. The Morgan fingerprint density at radius 1 is 1.19 bits per heavy atom. The molecular formula is C20H20N6O. The van der Waals surface area contributed by atoms with Gasteiger partial charge >= 0.3 is 0 Å². The summed E-state index contributed by atoms with van der Waals surface area (Å²) in [6.07, 6.45) is 1.87. The number of fused-ring (bicyclic) bond motifs is 1. The summed E-state index contributed by atoms with van der Waals surface area (Å²) in [6.45, 7) is 5.60. The first-order chi connectivity index (χ1) is 13.2. The van der Waals surface area contributed by atoms with Crippen molar-refractivity contribution in [2.75, 3.05) is 36.5 Å². The van der Waals surface area contributed by atoms with E-state index in [2.05, 4.69) is 37.5 Å². The van der Waals surface area contributed by atoms with E-state index >= 15 is 0 Å². The molecule has 2 aromatic heterocycles. The summed E-state index contributed by atoms with van der Waals surface area (Å²) in [4.78, 5) is 6.83. The highest BCUT2D eigenvalue weighted by Crippen LogP contribution is 2.26. The number of nitriles is 1. The molecule has 0 saturated carbocycles. The van der Waals surface area contributed by atoms with Gasteiger partial charge in [0.2, 0.25) is 0 Å². The van der Waals surface area contributed by atoms with Crippen LogP contribution >= 0.6 is 0 Å². The third-order valence-electron chi connectivity index (χ3n) is 4.69. The molecular weight excluding hydrogens is 340 g/mol. The monoisotopic (exact) mass is 360 g/mol. The molecule has 0 atom stereocenters. The maximum absolute atomic E-state index is 9.06. The highest BCUT2D eigenvalue weighted by atomic mass is 16.5. The van der Waals surface area contributed by atoms with Gasteiger partial charge in [-0.05, 0) is 30.7 Å². The summed E-state index contributed by atoms with van der Waals surface area (Å²) in [6, 6.07) is 11.8. The van der Waals surface area contributed by atoms with Crippen LogP contribution in [0.4, 0.5) is 11.6 Å². The Morgan fingerprint density at radius 3 is 2.85 bits per heavy atom. The minimum Gasteiger partial charge on any atom is -0.378 e. The number of anilines is 2. The van der Waals surface area contributed by atoms with Crippen LogP contribution in [0.15, 0.2) is 36.5 Å². The zero-order valence-electron chi connectivity index (χ0n) is 15.1. The molecule has 1 N–H and O–H groups in total. The lowest BCUT2D eigenvalue weighted by atomic mass is 10.1. The van der Waals surface area contributed by atoms with Crippen molar-refractivity contribution in [1.29, 1.82) is 5.26 Å².